The van der Waals surface area contributed by atoms with E-state index in [1.807, 2.05) is 36.4 Å². The lowest BCUT2D eigenvalue weighted by Gasteiger charge is -2.27. The van der Waals surface area contributed by atoms with Crippen molar-refractivity contribution in [2.24, 2.45) is 0 Å². The van der Waals surface area contributed by atoms with E-state index in [0.29, 0.717) is 11.1 Å². The van der Waals surface area contributed by atoms with Gasteiger partial charge in [0.05, 0.1) is 0 Å². The zero-order valence-electron chi connectivity index (χ0n) is 45.5. The van der Waals surface area contributed by atoms with E-state index < -0.39 is 83.4 Å². The third-order valence-electron chi connectivity index (χ3n) is 11.9. The zero-order chi connectivity index (χ0) is 57.5. The second-order valence-electron chi connectivity index (χ2n) is 20.9. The summed E-state index contributed by atoms with van der Waals surface area (Å²) >= 11 is 0. The lowest BCUT2D eigenvalue weighted by Crippen LogP contribution is -2.57. The third-order valence-corrected chi connectivity index (χ3v) is 11.9. The normalized spacial score (nSPS) is 15.9. The molecular weight excluding hydrogens is 1020 g/mol. The number of amides is 8. The molecule has 10 N–H and O–H groups in total. The van der Waals surface area contributed by atoms with Crippen LogP contribution in [0.1, 0.15) is 95.9 Å². The van der Waals surface area contributed by atoms with Crippen LogP contribution >= 0.6 is 0 Å². The van der Waals surface area contributed by atoms with Crippen LogP contribution in [0.25, 0.3) is 11.1 Å². The van der Waals surface area contributed by atoms with Crippen molar-refractivity contribution in [2.45, 2.75) is 135 Å². The summed E-state index contributed by atoms with van der Waals surface area (Å²) in [4.78, 5) is 107. The maximum atomic E-state index is 14.5. The molecule has 426 valence electrons. The van der Waals surface area contributed by atoms with E-state index in [-0.39, 0.29) is 107 Å². The maximum absolute atomic E-state index is 14.5. The fourth-order valence-electron chi connectivity index (χ4n) is 8.07. The predicted octanol–water partition coefficient (Wildman–Crippen LogP) is 5.66. The summed E-state index contributed by atoms with van der Waals surface area (Å²) in [7, 11) is 0. The average molecular weight is 1100 g/mol. The molecule has 0 radical (unpaired) electrons. The van der Waals surface area contributed by atoms with Gasteiger partial charge in [-0.3, -0.25) is 19.2 Å². The number of hydrogen-bond donors (Lipinski definition) is 10. The minimum Gasteiger partial charge on any atom is -0.508 e. The Hall–Kier alpha value is -8.56. The summed E-state index contributed by atoms with van der Waals surface area (Å²) in [6.45, 7) is 10.2. The molecule has 5 rings (SSSR count). The van der Waals surface area contributed by atoms with Crippen LogP contribution in [0.5, 0.6) is 11.5 Å². The van der Waals surface area contributed by atoms with Crippen LogP contribution in [0.4, 0.5) is 19.2 Å². The van der Waals surface area contributed by atoms with Crippen LogP contribution in [-0.4, -0.2) is 120 Å². The quantitative estimate of drug-likeness (QED) is 0.0378. The molecule has 0 aromatic heterocycles. The maximum Gasteiger partial charge on any atom is 0.408 e. The number of carbonyl (C=O) groups is 8. The zero-order valence-corrected chi connectivity index (χ0v) is 45.5. The molecule has 22 heteroatoms. The molecule has 0 spiro atoms. The molecule has 0 saturated carbocycles. The van der Waals surface area contributed by atoms with Crippen LogP contribution in [0, 0.1) is 0 Å². The van der Waals surface area contributed by atoms with E-state index in [2.05, 4.69) is 42.5 Å². The van der Waals surface area contributed by atoms with E-state index in [0.717, 1.165) is 11.1 Å². The van der Waals surface area contributed by atoms with E-state index in [1.165, 1.54) is 12.1 Å². The highest BCUT2D eigenvalue weighted by atomic mass is 16.6. The molecule has 4 atom stereocenters. The van der Waals surface area contributed by atoms with Gasteiger partial charge in [0.25, 0.3) is 0 Å². The van der Waals surface area contributed by atoms with Crippen molar-refractivity contribution in [3.63, 3.8) is 0 Å². The second-order valence-corrected chi connectivity index (χ2v) is 20.9. The monoisotopic (exact) mass is 1090 g/mol. The standard InChI is InChI=1S/C57H74N8O14/c1-56(2,3)78-53(73)60-26-14-20-43-50(70)64-44(31-40-29-38(21-23-46(40)66)39-22-24-47(67)41(30-39)32-45(51(71)63-43)65-55(75)79-57(4,5)6)49(69)59-25-13-19-42(62-54(74)77-35-37-17-11-8-12-18-37)33-48(68)58-27-28-61-52(72)76-34-36-15-9-7-10-16-36/h7-12,15-18,21-24,29-30,42-45,66-67H,13-14,19-20,25-28,31-35H2,1-6H3,(H,58,68)(H,59,69)(H,60,73)(H,61,72)(H,62,74)(H,63,71)(H,64,70)(H,65,75)/t42-,43-,44-,45-/m0/s1. The summed E-state index contributed by atoms with van der Waals surface area (Å²) < 4.78 is 21.5. The first kappa shape index (κ1) is 61.3. The number of fused-ring (bicyclic) bond motifs is 5. The number of hydrogen-bond acceptors (Lipinski definition) is 14. The number of carbonyl (C=O) groups excluding carboxylic acids is 8. The fraction of sp³-hybridized carbons (Fsp3) is 0.439. The van der Waals surface area contributed by atoms with Gasteiger partial charge in [0.2, 0.25) is 23.6 Å². The molecule has 4 aromatic carbocycles. The Morgan fingerprint density at radius 2 is 1.13 bits per heavy atom. The number of benzene rings is 4. The van der Waals surface area contributed by atoms with Crippen molar-refractivity contribution in [1.82, 2.24) is 42.5 Å². The van der Waals surface area contributed by atoms with Gasteiger partial charge in [0.15, 0.2) is 0 Å². The first-order valence-corrected chi connectivity index (χ1v) is 26.2. The number of rotatable bonds is 20. The molecule has 4 aromatic rings. The minimum atomic E-state index is -1.40. The summed E-state index contributed by atoms with van der Waals surface area (Å²) in [5, 5.41) is 43.7. The summed E-state index contributed by atoms with van der Waals surface area (Å²) in [5.41, 5.74) is 1.43. The highest BCUT2D eigenvalue weighted by Gasteiger charge is 2.33. The number of phenols is 2. The highest BCUT2D eigenvalue weighted by molar-refractivity contribution is 5.94. The molecule has 1 aliphatic rings. The van der Waals surface area contributed by atoms with E-state index in [1.54, 1.807) is 90.1 Å². The summed E-state index contributed by atoms with van der Waals surface area (Å²) in [5.74, 6) is -3.17. The van der Waals surface area contributed by atoms with E-state index in [4.69, 9.17) is 18.9 Å². The molecule has 4 bridgehead atoms. The number of alkyl carbamates (subject to hydrolysis) is 4. The third kappa shape index (κ3) is 22.5. The smallest absolute Gasteiger partial charge is 0.408 e. The van der Waals surface area contributed by atoms with E-state index in [9.17, 15) is 48.6 Å². The SMILES string of the molecule is CC(C)(C)OC(=O)NCCC[C@@H]1NC(=O)[C@@H](NC(=O)OC(C)(C)C)Cc2cc(ccc2O)-c2ccc(O)c(c2)C[C@@H](C(=O)NCCC[C@@H](CC(=O)NCCNC(=O)OCc2ccccc2)NC(=O)OCc2ccccc2)NC1=O. The molecule has 1 aliphatic heterocycles. The van der Waals surface area contributed by atoms with Crippen LogP contribution in [0.15, 0.2) is 97.1 Å². The Balaban J connectivity index is 1.33. The summed E-state index contributed by atoms with van der Waals surface area (Å²) in [6, 6.07) is 22.5. The first-order valence-electron chi connectivity index (χ1n) is 26.2. The van der Waals surface area contributed by atoms with Crippen molar-refractivity contribution < 1.29 is 67.5 Å². The lowest BCUT2D eigenvalue weighted by molar-refractivity contribution is -0.132. The Kier molecular flexibility index (Phi) is 23.1. The van der Waals surface area contributed by atoms with Crippen molar-refractivity contribution in [2.75, 3.05) is 26.2 Å². The molecule has 22 nitrogen and oxygen atoms in total. The highest BCUT2D eigenvalue weighted by Crippen LogP contribution is 2.31. The number of nitrogens with one attached hydrogen (secondary N) is 8. The predicted molar refractivity (Wildman–Crippen MR) is 291 cm³/mol. The molecular formula is C57H74N8O14. The van der Waals surface area contributed by atoms with Crippen molar-refractivity contribution in [1.29, 1.82) is 0 Å². The minimum absolute atomic E-state index is 0.0180. The molecule has 0 fully saturated rings. The molecule has 8 amide bonds. The van der Waals surface area contributed by atoms with Crippen LogP contribution in [0.2, 0.25) is 0 Å². The van der Waals surface area contributed by atoms with Crippen molar-refractivity contribution >= 4 is 48.0 Å². The molecule has 0 aliphatic carbocycles. The van der Waals surface area contributed by atoms with Gasteiger partial charge in [-0.15, -0.1) is 0 Å². The Labute approximate surface area is 459 Å². The first-order chi connectivity index (χ1) is 37.5. The lowest BCUT2D eigenvalue weighted by atomic mass is 9.95. The molecule has 79 heavy (non-hydrogen) atoms. The van der Waals surface area contributed by atoms with Gasteiger partial charge < -0.3 is 71.7 Å². The number of phenolic OH excluding ortho intramolecular Hbond substituents is 2. The van der Waals surface area contributed by atoms with Gasteiger partial charge >= 0.3 is 24.4 Å². The Morgan fingerprint density at radius 3 is 1.72 bits per heavy atom. The topological polar surface area (TPSA) is 310 Å². The van der Waals surface area contributed by atoms with Gasteiger partial charge in [0, 0.05) is 51.5 Å². The van der Waals surface area contributed by atoms with Crippen molar-refractivity contribution in [3.05, 3.63) is 119 Å². The van der Waals surface area contributed by atoms with E-state index >= 15 is 0 Å². The van der Waals surface area contributed by atoms with Crippen LogP contribution in [-0.2, 0) is 64.2 Å². The van der Waals surface area contributed by atoms with Gasteiger partial charge in [-0.2, -0.15) is 0 Å². The summed E-state index contributed by atoms with van der Waals surface area (Å²) in [6.07, 6.45) is -3.39. The van der Waals surface area contributed by atoms with Crippen LogP contribution < -0.4 is 42.5 Å². The van der Waals surface area contributed by atoms with Gasteiger partial charge in [-0.05, 0) is 125 Å². The molecule has 1 heterocycles. The van der Waals surface area contributed by atoms with Crippen LogP contribution in [0.3, 0.4) is 0 Å². The second kappa shape index (κ2) is 29.8. The number of aromatic hydroxyl groups is 2. The average Bonchev–Trinajstić information content (AvgIpc) is 3.40. The molecule has 0 saturated heterocycles. The van der Waals surface area contributed by atoms with Gasteiger partial charge in [-0.25, -0.2) is 19.2 Å². The largest absolute Gasteiger partial charge is 0.508 e. The Morgan fingerprint density at radius 1 is 0.595 bits per heavy atom. The van der Waals surface area contributed by atoms with Gasteiger partial charge in [0.1, 0.15) is 54.0 Å². The number of ether oxygens (including phenoxy) is 4. The van der Waals surface area contributed by atoms with Crippen molar-refractivity contribution in [3.8, 4) is 22.6 Å². The molecule has 0 unspecified atom stereocenters. The van der Waals surface area contributed by atoms with Gasteiger partial charge in [-0.1, -0.05) is 72.8 Å². The fourth-order valence-corrected chi connectivity index (χ4v) is 8.07. The Bertz CT molecular complexity index is 2710.